The first-order valence-corrected chi connectivity index (χ1v) is 8.23. The van der Waals surface area contributed by atoms with Crippen molar-refractivity contribution in [3.8, 4) is 11.5 Å². The molecule has 0 radical (unpaired) electrons. The SMILES string of the molecule is COc1cc(C(=O)O[C@@H](C)C(=O)Nc2cc(Cl)ccc2OC)ccc1C. The lowest BCUT2D eigenvalue weighted by Gasteiger charge is -2.16. The van der Waals surface area contributed by atoms with Crippen molar-refractivity contribution in [3.05, 3.63) is 52.5 Å². The Balaban J connectivity index is 2.07. The Kier molecular flexibility index (Phi) is 6.46. The first-order valence-electron chi connectivity index (χ1n) is 7.85. The molecule has 0 aliphatic rings. The van der Waals surface area contributed by atoms with Gasteiger partial charge in [-0.3, -0.25) is 4.79 Å². The maximum Gasteiger partial charge on any atom is 0.339 e. The van der Waals surface area contributed by atoms with Gasteiger partial charge in [-0.2, -0.15) is 0 Å². The third-order valence-corrected chi connectivity index (χ3v) is 3.95. The van der Waals surface area contributed by atoms with Crippen LogP contribution in [0, 0.1) is 6.92 Å². The Morgan fingerprint density at radius 2 is 1.73 bits per heavy atom. The number of methoxy groups -OCH3 is 2. The van der Waals surface area contributed by atoms with E-state index in [1.807, 2.05) is 6.92 Å². The molecule has 0 aromatic heterocycles. The predicted octanol–water partition coefficient (Wildman–Crippen LogP) is 3.85. The molecule has 1 atom stereocenters. The average molecular weight is 378 g/mol. The van der Waals surface area contributed by atoms with Gasteiger partial charge >= 0.3 is 5.97 Å². The highest BCUT2D eigenvalue weighted by Gasteiger charge is 2.21. The van der Waals surface area contributed by atoms with Crippen molar-refractivity contribution in [1.29, 1.82) is 0 Å². The minimum atomic E-state index is -1.02. The zero-order chi connectivity index (χ0) is 19.3. The van der Waals surface area contributed by atoms with E-state index >= 15 is 0 Å². The van der Waals surface area contributed by atoms with Crippen LogP contribution in [0.5, 0.6) is 11.5 Å². The lowest BCUT2D eigenvalue weighted by Crippen LogP contribution is -2.30. The summed E-state index contributed by atoms with van der Waals surface area (Å²) in [7, 11) is 3.00. The molecule has 7 heteroatoms. The van der Waals surface area contributed by atoms with Crippen LogP contribution in [0.4, 0.5) is 5.69 Å². The van der Waals surface area contributed by atoms with Crippen LogP contribution >= 0.6 is 11.6 Å². The van der Waals surface area contributed by atoms with Crippen molar-refractivity contribution in [2.75, 3.05) is 19.5 Å². The molecule has 0 saturated carbocycles. The van der Waals surface area contributed by atoms with E-state index in [0.717, 1.165) is 5.56 Å². The Labute approximate surface area is 157 Å². The van der Waals surface area contributed by atoms with Gasteiger partial charge in [0.2, 0.25) is 0 Å². The molecule has 6 nitrogen and oxygen atoms in total. The first-order chi connectivity index (χ1) is 12.3. The summed E-state index contributed by atoms with van der Waals surface area (Å²) >= 11 is 5.94. The van der Waals surface area contributed by atoms with Gasteiger partial charge in [-0.25, -0.2) is 4.79 Å². The summed E-state index contributed by atoms with van der Waals surface area (Å²) in [6.07, 6.45) is -1.02. The van der Waals surface area contributed by atoms with Gasteiger partial charge in [-0.05, 0) is 49.7 Å². The number of hydrogen-bond donors (Lipinski definition) is 1. The number of esters is 1. The largest absolute Gasteiger partial charge is 0.496 e. The molecule has 2 aromatic carbocycles. The molecule has 0 spiro atoms. The van der Waals surface area contributed by atoms with Crippen molar-refractivity contribution < 1.29 is 23.8 Å². The van der Waals surface area contributed by atoms with Crippen molar-refractivity contribution in [2.24, 2.45) is 0 Å². The summed E-state index contributed by atoms with van der Waals surface area (Å²) < 4.78 is 15.6. The van der Waals surface area contributed by atoms with Crippen molar-refractivity contribution in [3.63, 3.8) is 0 Å². The van der Waals surface area contributed by atoms with E-state index in [1.54, 1.807) is 36.4 Å². The fourth-order valence-electron chi connectivity index (χ4n) is 2.24. The number of amides is 1. The number of anilines is 1. The molecule has 138 valence electrons. The van der Waals surface area contributed by atoms with Gasteiger partial charge in [0.05, 0.1) is 25.5 Å². The maximum absolute atomic E-state index is 12.3. The normalized spacial score (nSPS) is 11.4. The van der Waals surface area contributed by atoms with Crippen molar-refractivity contribution in [2.45, 2.75) is 20.0 Å². The number of aryl methyl sites for hydroxylation is 1. The number of nitrogens with one attached hydrogen (secondary N) is 1. The third-order valence-electron chi connectivity index (χ3n) is 3.72. The van der Waals surface area contributed by atoms with Crippen LogP contribution < -0.4 is 14.8 Å². The molecule has 0 fully saturated rings. The number of halogens is 1. The summed E-state index contributed by atoms with van der Waals surface area (Å²) in [5, 5.41) is 3.08. The summed E-state index contributed by atoms with van der Waals surface area (Å²) in [6, 6.07) is 9.76. The highest BCUT2D eigenvalue weighted by atomic mass is 35.5. The van der Waals surface area contributed by atoms with Crippen LogP contribution in [0.2, 0.25) is 5.02 Å². The number of hydrogen-bond acceptors (Lipinski definition) is 5. The molecule has 1 N–H and O–H groups in total. The van der Waals surface area contributed by atoms with E-state index in [4.69, 9.17) is 25.8 Å². The minimum Gasteiger partial charge on any atom is -0.496 e. The van der Waals surface area contributed by atoms with Gasteiger partial charge in [-0.1, -0.05) is 17.7 Å². The van der Waals surface area contributed by atoms with Crippen LogP contribution in [0.25, 0.3) is 0 Å². The molecule has 0 aliphatic heterocycles. The van der Waals surface area contributed by atoms with E-state index in [-0.39, 0.29) is 0 Å². The first kappa shape index (κ1) is 19.6. The molecule has 0 heterocycles. The van der Waals surface area contributed by atoms with Crippen LogP contribution in [-0.4, -0.2) is 32.2 Å². The van der Waals surface area contributed by atoms with E-state index in [2.05, 4.69) is 5.32 Å². The summed E-state index contributed by atoms with van der Waals surface area (Å²) in [6.45, 7) is 3.35. The second-order valence-corrected chi connectivity index (χ2v) is 6.00. The number of carbonyl (C=O) groups is 2. The molecule has 0 saturated heterocycles. The number of ether oxygens (including phenoxy) is 3. The van der Waals surface area contributed by atoms with Gasteiger partial charge in [0.15, 0.2) is 6.10 Å². The zero-order valence-electron chi connectivity index (χ0n) is 15.0. The van der Waals surface area contributed by atoms with Gasteiger partial charge in [0, 0.05) is 5.02 Å². The predicted molar refractivity (Wildman–Crippen MR) is 99.2 cm³/mol. The zero-order valence-corrected chi connectivity index (χ0v) is 15.7. The molecular formula is C19H20ClNO5. The average Bonchev–Trinajstić information content (AvgIpc) is 2.62. The number of carbonyl (C=O) groups excluding carboxylic acids is 2. The van der Waals surface area contributed by atoms with Crippen molar-refractivity contribution in [1.82, 2.24) is 0 Å². The van der Waals surface area contributed by atoms with E-state index in [1.165, 1.54) is 21.1 Å². The molecule has 2 aromatic rings. The number of benzene rings is 2. The fraction of sp³-hybridized carbons (Fsp3) is 0.263. The van der Waals surface area contributed by atoms with Crippen LogP contribution in [0.15, 0.2) is 36.4 Å². The van der Waals surface area contributed by atoms with Crippen molar-refractivity contribution >= 4 is 29.2 Å². The standard InChI is InChI=1S/C19H20ClNO5/c1-11-5-6-13(9-17(11)25-4)19(23)26-12(2)18(22)21-15-10-14(20)7-8-16(15)24-3/h5-10,12H,1-4H3,(H,21,22)/t12-/m0/s1. The topological polar surface area (TPSA) is 73.9 Å². The maximum atomic E-state index is 12.3. The fourth-order valence-corrected chi connectivity index (χ4v) is 2.41. The molecule has 0 aliphatic carbocycles. The Morgan fingerprint density at radius 3 is 2.38 bits per heavy atom. The highest BCUT2D eigenvalue weighted by Crippen LogP contribution is 2.28. The summed E-state index contributed by atoms with van der Waals surface area (Å²) in [5.41, 5.74) is 1.58. The van der Waals surface area contributed by atoms with Gasteiger partial charge in [0.25, 0.3) is 5.91 Å². The third kappa shape index (κ3) is 4.67. The minimum absolute atomic E-state index is 0.299. The molecular weight excluding hydrogens is 358 g/mol. The van der Waals surface area contributed by atoms with Crippen LogP contribution in [0.1, 0.15) is 22.8 Å². The Hall–Kier alpha value is -2.73. The second-order valence-electron chi connectivity index (χ2n) is 5.57. The Bertz CT molecular complexity index is 822. The van der Waals surface area contributed by atoms with Gasteiger partial charge in [0.1, 0.15) is 11.5 Å². The summed E-state index contributed by atoms with van der Waals surface area (Å²) in [5.74, 6) is -0.105. The monoisotopic (exact) mass is 377 g/mol. The van der Waals surface area contributed by atoms with Gasteiger partial charge in [-0.15, -0.1) is 0 Å². The second kappa shape index (κ2) is 8.58. The molecule has 1 amide bonds. The van der Waals surface area contributed by atoms with Crippen LogP contribution in [-0.2, 0) is 9.53 Å². The highest BCUT2D eigenvalue weighted by molar-refractivity contribution is 6.31. The van der Waals surface area contributed by atoms with E-state index < -0.39 is 18.0 Å². The lowest BCUT2D eigenvalue weighted by molar-refractivity contribution is -0.123. The molecule has 0 bridgehead atoms. The Morgan fingerprint density at radius 1 is 1.04 bits per heavy atom. The summed E-state index contributed by atoms with van der Waals surface area (Å²) in [4.78, 5) is 24.6. The molecule has 2 rings (SSSR count). The smallest absolute Gasteiger partial charge is 0.339 e. The quantitative estimate of drug-likeness (QED) is 0.774. The lowest BCUT2D eigenvalue weighted by atomic mass is 10.1. The van der Waals surface area contributed by atoms with Gasteiger partial charge < -0.3 is 19.5 Å². The molecule has 0 unspecified atom stereocenters. The van der Waals surface area contributed by atoms with E-state index in [0.29, 0.717) is 27.8 Å². The van der Waals surface area contributed by atoms with Crippen LogP contribution in [0.3, 0.4) is 0 Å². The van der Waals surface area contributed by atoms with E-state index in [9.17, 15) is 9.59 Å². The molecule has 26 heavy (non-hydrogen) atoms. The number of rotatable bonds is 6.